The molecule has 7 nitrogen and oxygen atoms in total. The number of rotatable bonds is 5. The number of nitrogens with two attached hydrogens (primary N) is 1. The summed E-state index contributed by atoms with van der Waals surface area (Å²) in [5.41, 5.74) is 7.70. The van der Waals surface area contributed by atoms with E-state index >= 15 is 0 Å². The number of anilines is 1. The molecule has 0 bridgehead atoms. The van der Waals surface area contributed by atoms with Gasteiger partial charge in [-0.25, -0.2) is 23.1 Å². The number of hydrogen-bond acceptors (Lipinski definition) is 5. The van der Waals surface area contributed by atoms with Gasteiger partial charge < -0.3 is 5.73 Å². The quantitative estimate of drug-likeness (QED) is 0.728. The highest BCUT2D eigenvalue weighted by molar-refractivity contribution is 7.89. The maximum atomic E-state index is 12.9. The second-order valence-corrected chi connectivity index (χ2v) is 7.97. The topological polar surface area (TPSA) is 103 Å². The SMILES string of the molecule is Nc1c(S(=O)(=O)NCC2CCC2)c2nccnc2n1-c1ccccc1. The lowest BCUT2D eigenvalue weighted by Gasteiger charge is -2.25. The fourth-order valence-electron chi connectivity index (χ4n) is 3.09. The molecule has 2 heterocycles. The van der Waals surface area contributed by atoms with Crippen molar-refractivity contribution in [1.29, 1.82) is 0 Å². The van der Waals surface area contributed by atoms with Gasteiger partial charge in [-0.15, -0.1) is 0 Å². The van der Waals surface area contributed by atoms with E-state index in [0.717, 1.165) is 24.9 Å². The molecule has 0 radical (unpaired) electrons. The molecule has 4 rings (SSSR count). The number of nitrogen functional groups attached to an aromatic ring is 1. The Labute approximate surface area is 145 Å². The zero-order valence-electron chi connectivity index (χ0n) is 13.6. The Morgan fingerprint density at radius 1 is 1.16 bits per heavy atom. The van der Waals surface area contributed by atoms with Crippen LogP contribution in [-0.2, 0) is 10.0 Å². The van der Waals surface area contributed by atoms with Crippen molar-refractivity contribution in [3.63, 3.8) is 0 Å². The van der Waals surface area contributed by atoms with E-state index in [4.69, 9.17) is 5.73 Å². The van der Waals surface area contributed by atoms with Crippen molar-refractivity contribution >= 4 is 27.0 Å². The Balaban J connectivity index is 1.85. The maximum absolute atomic E-state index is 12.9. The van der Waals surface area contributed by atoms with Gasteiger partial charge in [-0.05, 0) is 30.9 Å². The molecule has 0 saturated heterocycles. The Morgan fingerprint density at radius 2 is 1.88 bits per heavy atom. The largest absolute Gasteiger partial charge is 0.384 e. The molecule has 0 aliphatic heterocycles. The number of benzene rings is 1. The van der Waals surface area contributed by atoms with Crippen molar-refractivity contribution in [2.45, 2.75) is 24.2 Å². The lowest BCUT2D eigenvalue weighted by Crippen LogP contribution is -2.32. The molecule has 8 heteroatoms. The normalized spacial score (nSPS) is 15.4. The van der Waals surface area contributed by atoms with Crippen LogP contribution in [0, 0.1) is 5.92 Å². The lowest BCUT2D eigenvalue weighted by atomic mass is 9.86. The number of para-hydroxylation sites is 1. The Kier molecular flexibility index (Phi) is 3.93. The van der Waals surface area contributed by atoms with Gasteiger partial charge in [0.05, 0.1) is 0 Å². The summed E-state index contributed by atoms with van der Waals surface area (Å²) in [6, 6.07) is 9.31. The zero-order chi connectivity index (χ0) is 17.4. The van der Waals surface area contributed by atoms with Gasteiger partial charge >= 0.3 is 0 Å². The van der Waals surface area contributed by atoms with Gasteiger partial charge in [0.15, 0.2) is 10.5 Å². The summed E-state index contributed by atoms with van der Waals surface area (Å²) >= 11 is 0. The smallest absolute Gasteiger partial charge is 0.246 e. The first-order chi connectivity index (χ1) is 12.1. The zero-order valence-corrected chi connectivity index (χ0v) is 14.4. The highest BCUT2D eigenvalue weighted by Crippen LogP contribution is 2.33. The lowest BCUT2D eigenvalue weighted by molar-refractivity contribution is 0.316. The average Bonchev–Trinajstić information content (AvgIpc) is 2.86. The van der Waals surface area contributed by atoms with Crippen LogP contribution in [0.15, 0.2) is 47.6 Å². The predicted octanol–water partition coefficient (Wildman–Crippen LogP) is 2.08. The van der Waals surface area contributed by atoms with Crippen molar-refractivity contribution in [2.75, 3.05) is 12.3 Å². The fourth-order valence-corrected chi connectivity index (χ4v) is 4.46. The van der Waals surface area contributed by atoms with Crippen LogP contribution in [0.25, 0.3) is 16.9 Å². The molecule has 1 aliphatic rings. The van der Waals surface area contributed by atoms with E-state index in [1.165, 1.54) is 12.4 Å². The van der Waals surface area contributed by atoms with Crippen LogP contribution in [0.2, 0.25) is 0 Å². The highest BCUT2D eigenvalue weighted by Gasteiger charge is 2.29. The van der Waals surface area contributed by atoms with Crippen LogP contribution in [0.1, 0.15) is 19.3 Å². The Hall–Kier alpha value is -2.45. The van der Waals surface area contributed by atoms with E-state index in [9.17, 15) is 8.42 Å². The van der Waals surface area contributed by atoms with E-state index in [0.29, 0.717) is 18.1 Å². The standard InChI is InChI=1S/C17H19N5O2S/c18-16-15(25(23,24)21-11-12-5-4-6-12)14-17(20-10-9-19-14)22(16)13-7-2-1-3-8-13/h1-3,7-10,12,21H,4-6,11,18H2. The van der Waals surface area contributed by atoms with E-state index in [1.807, 2.05) is 30.3 Å². The van der Waals surface area contributed by atoms with E-state index < -0.39 is 10.0 Å². The summed E-state index contributed by atoms with van der Waals surface area (Å²) in [7, 11) is -3.77. The van der Waals surface area contributed by atoms with Gasteiger partial charge in [0.2, 0.25) is 10.0 Å². The summed E-state index contributed by atoms with van der Waals surface area (Å²) in [5, 5.41) is 0. The Morgan fingerprint density at radius 3 is 2.56 bits per heavy atom. The van der Waals surface area contributed by atoms with Crippen molar-refractivity contribution in [1.82, 2.24) is 19.3 Å². The van der Waals surface area contributed by atoms with Gasteiger partial charge in [-0.1, -0.05) is 24.6 Å². The minimum Gasteiger partial charge on any atom is -0.384 e. The Bertz CT molecular complexity index is 1010. The third kappa shape index (κ3) is 2.77. The van der Waals surface area contributed by atoms with E-state index in [2.05, 4.69) is 14.7 Å². The second kappa shape index (κ2) is 6.12. The highest BCUT2D eigenvalue weighted by atomic mass is 32.2. The molecular formula is C17H19N5O2S. The van der Waals surface area contributed by atoms with Crippen molar-refractivity contribution in [3.05, 3.63) is 42.7 Å². The first-order valence-electron chi connectivity index (χ1n) is 8.24. The molecule has 0 unspecified atom stereocenters. The van der Waals surface area contributed by atoms with Crippen LogP contribution in [-0.4, -0.2) is 29.5 Å². The molecule has 0 atom stereocenters. The monoisotopic (exact) mass is 357 g/mol. The molecule has 3 aromatic rings. The van der Waals surface area contributed by atoms with Gasteiger partial charge in [-0.3, -0.25) is 4.57 Å². The second-order valence-electron chi connectivity index (χ2n) is 6.26. The molecule has 3 N–H and O–H groups in total. The summed E-state index contributed by atoms with van der Waals surface area (Å²) < 4.78 is 30.1. The van der Waals surface area contributed by atoms with Crippen LogP contribution in [0.5, 0.6) is 0 Å². The van der Waals surface area contributed by atoms with Crippen LogP contribution < -0.4 is 10.5 Å². The van der Waals surface area contributed by atoms with E-state index in [-0.39, 0.29) is 16.2 Å². The van der Waals surface area contributed by atoms with Crippen LogP contribution in [0.4, 0.5) is 5.82 Å². The maximum Gasteiger partial charge on any atom is 0.246 e. The number of nitrogens with zero attached hydrogens (tertiary/aromatic N) is 3. The molecule has 1 saturated carbocycles. The molecule has 130 valence electrons. The summed E-state index contributed by atoms with van der Waals surface area (Å²) in [6.45, 7) is 0.431. The molecule has 2 aromatic heterocycles. The molecule has 1 fully saturated rings. The van der Waals surface area contributed by atoms with Crippen LogP contribution >= 0.6 is 0 Å². The molecule has 1 aromatic carbocycles. The third-order valence-corrected chi connectivity index (χ3v) is 6.14. The first-order valence-corrected chi connectivity index (χ1v) is 9.72. The summed E-state index contributed by atoms with van der Waals surface area (Å²) in [4.78, 5) is 8.54. The van der Waals surface area contributed by atoms with Crippen molar-refractivity contribution in [3.8, 4) is 5.69 Å². The van der Waals surface area contributed by atoms with Gasteiger partial charge in [-0.2, -0.15) is 0 Å². The number of fused-ring (bicyclic) bond motifs is 1. The summed E-state index contributed by atoms with van der Waals surface area (Å²) in [5.74, 6) is 0.526. The van der Waals surface area contributed by atoms with Crippen LogP contribution in [0.3, 0.4) is 0 Å². The van der Waals surface area contributed by atoms with E-state index in [1.54, 1.807) is 4.57 Å². The van der Waals surface area contributed by atoms with Gasteiger partial charge in [0.25, 0.3) is 0 Å². The van der Waals surface area contributed by atoms with Gasteiger partial charge in [0.1, 0.15) is 11.3 Å². The fraction of sp³-hybridized carbons (Fsp3) is 0.294. The number of nitrogens with one attached hydrogen (secondary N) is 1. The minimum atomic E-state index is -3.77. The van der Waals surface area contributed by atoms with Crippen molar-refractivity contribution < 1.29 is 8.42 Å². The molecule has 0 spiro atoms. The first kappa shape index (κ1) is 16.0. The third-order valence-electron chi connectivity index (χ3n) is 4.65. The summed E-state index contributed by atoms with van der Waals surface area (Å²) in [6.07, 6.45) is 6.28. The number of aromatic nitrogens is 3. The number of sulfonamides is 1. The van der Waals surface area contributed by atoms with Gasteiger partial charge in [0, 0.05) is 24.6 Å². The molecule has 25 heavy (non-hydrogen) atoms. The predicted molar refractivity (Wildman–Crippen MR) is 95.8 cm³/mol. The average molecular weight is 357 g/mol. The molecular weight excluding hydrogens is 338 g/mol. The molecule has 0 amide bonds. The minimum absolute atomic E-state index is 0.00113. The van der Waals surface area contributed by atoms with Crippen molar-refractivity contribution in [2.24, 2.45) is 5.92 Å². The molecule has 1 aliphatic carbocycles. The number of hydrogen-bond donors (Lipinski definition) is 2.